The normalized spacial score (nSPS) is 11.4. The summed E-state index contributed by atoms with van der Waals surface area (Å²) in [6.45, 7) is 9.90. The lowest BCUT2D eigenvalue weighted by atomic mass is 9.87. The highest BCUT2D eigenvalue weighted by molar-refractivity contribution is 5.84. The molecule has 0 heterocycles. The van der Waals surface area contributed by atoms with Gasteiger partial charge in [0.05, 0.1) is 4.92 Å². The Kier molecular flexibility index (Phi) is 9.99. The minimum Gasteiger partial charge on any atom is -0.508 e. The highest BCUT2D eigenvalue weighted by Gasteiger charge is 2.15. The molecule has 192 valence electrons. The summed E-state index contributed by atoms with van der Waals surface area (Å²) in [5, 5.41) is 20.7. The molecule has 4 aromatic rings. The average molecular weight is 498 g/mol. The van der Waals surface area contributed by atoms with Gasteiger partial charge in [0.2, 0.25) is 0 Å². The number of benzene rings is 4. The number of hydrogen-bond acceptors (Lipinski definition) is 4. The molecule has 0 bridgehead atoms. The number of aromatic hydroxyl groups is 1. The summed E-state index contributed by atoms with van der Waals surface area (Å²) >= 11 is 0. The van der Waals surface area contributed by atoms with Gasteiger partial charge in [-0.15, -0.1) is 0 Å². The Morgan fingerprint density at radius 2 is 1.49 bits per heavy atom. The van der Waals surface area contributed by atoms with Gasteiger partial charge in [0.1, 0.15) is 5.75 Å². The standard InChI is InChI=1S/C28H25NO3.C4H10O/c1-19(16-23-10-14-26(30)17-20(23)2)24-11-15-27(22-8-12-25(13-9-22)29(31)32)28(18-24)21-6-4-3-5-7-21;1-3-5-4-2/h3-15,17-19,30H,16H2,1-2H3;3-4H2,1-2H3. The van der Waals surface area contributed by atoms with Crippen LogP contribution in [0.4, 0.5) is 5.69 Å². The first-order valence-electron chi connectivity index (χ1n) is 12.6. The van der Waals surface area contributed by atoms with Gasteiger partial charge < -0.3 is 9.84 Å². The Morgan fingerprint density at radius 1 is 0.838 bits per heavy atom. The van der Waals surface area contributed by atoms with Crippen molar-refractivity contribution in [2.75, 3.05) is 13.2 Å². The Balaban J connectivity index is 0.000000695. The quantitative estimate of drug-likeness (QED) is 0.196. The van der Waals surface area contributed by atoms with Crippen molar-refractivity contribution in [2.45, 2.75) is 40.0 Å². The topological polar surface area (TPSA) is 72.6 Å². The van der Waals surface area contributed by atoms with Crippen molar-refractivity contribution in [2.24, 2.45) is 0 Å². The highest BCUT2D eigenvalue weighted by atomic mass is 16.6. The maximum atomic E-state index is 11.0. The number of nitro benzene ring substituents is 1. The Bertz CT molecular complexity index is 1300. The van der Waals surface area contributed by atoms with E-state index in [2.05, 4.69) is 37.3 Å². The molecule has 1 N–H and O–H groups in total. The minimum absolute atomic E-state index is 0.0875. The van der Waals surface area contributed by atoms with E-state index < -0.39 is 0 Å². The molecule has 0 fully saturated rings. The second-order valence-corrected chi connectivity index (χ2v) is 8.97. The lowest BCUT2D eigenvalue weighted by Gasteiger charge is -2.18. The summed E-state index contributed by atoms with van der Waals surface area (Å²) in [6, 6.07) is 28.9. The fourth-order valence-electron chi connectivity index (χ4n) is 4.30. The average Bonchev–Trinajstić information content (AvgIpc) is 2.91. The summed E-state index contributed by atoms with van der Waals surface area (Å²) in [7, 11) is 0. The second kappa shape index (κ2) is 13.4. The minimum atomic E-state index is -0.377. The molecular weight excluding hydrogens is 462 g/mol. The molecule has 37 heavy (non-hydrogen) atoms. The van der Waals surface area contributed by atoms with Crippen molar-refractivity contribution in [1.82, 2.24) is 0 Å². The maximum Gasteiger partial charge on any atom is 0.269 e. The number of phenols is 1. The molecule has 1 unspecified atom stereocenters. The van der Waals surface area contributed by atoms with Crippen LogP contribution < -0.4 is 0 Å². The number of nitrogens with zero attached hydrogens (tertiary/aromatic N) is 1. The smallest absolute Gasteiger partial charge is 0.269 e. The van der Waals surface area contributed by atoms with Crippen LogP contribution in [-0.4, -0.2) is 23.2 Å². The molecule has 0 amide bonds. The molecule has 0 aliphatic carbocycles. The third kappa shape index (κ3) is 7.51. The van der Waals surface area contributed by atoms with Crippen molar-refractivity contribution < 1.29 is 14.8 Å². The maximum absolute atomic E-state index is 11.0. The van der Waals surface area contributed by atoms with Crippen LogP contribution in [0.3, 0.4) is 0 Å². The number of nitro groups is 1. The van der Waals surface area contributed by atoms with Crippen molar-refractivity contribution in [3.05, 3.63) is 118 Å². The van der Waals surface area contributed by atoms with E-state index in [1.165, 1.54) is 11.1 Å². The van der Waals surface area contributed by atoms with Crippen LogP contribution in [0.15, 0.2) is 91.0 Å². The zero-order chi connectivity index (χ0) is 26.8. The Morgan fingerprint density at radius 3 is 2.05 bits per heavy atom. The van der Waals surface area contributed by atoms with Gasteiger partial charge in [0, 0.05) is 25.3 Å². The number of hydrogen-bond donors (Lipinski definition) is 1. The zero-order valence-electron chi connectivity index (χ0n) is 22.0. The highest BCUT2D eigenvalue weighted by Crippen LogP contribution is 2.36. The van der Waals surface area contributed by atoms with Gasteiger partial charge in [0.15, 0.2) is 0 Å². The van der Waals surface area contributed by atoms with Crippen LogP contribution in [0.25, 0.3) is 22.3 Å². The van der Waals surface area contributed by atoms with Gasteiger partial charge in [-0.05, 0) is 96.3 Å². The van der Waals surface area contributed by atoms with E-state index in [1.807, 2.05) is 57.2 Å². The fourth-order valence-corrected chi connectivity index (χ4v) is 4.30. The second-order valence-electron chi connectivity index (χ2n) is 8.97. The van der Waals surface area contributed by atoms with E-state index in [1.54, 1.807) is 24.3 Å². The van der Waals surface area contributed by atoms with Crippen LogP contribution in [0.1, 0.15) is 43.4 Å². The predicted octanol–water partition coefficient (Wildman–Crippen LogP) is 8.33. The summed E-state index contributed by atoms with van der Waals surface area (Å²) < 4.78 is 4.83. The molecule has 0 aromatic heterocycles. The van der Waals surface area contributed by atoms with Crippen LogP contribution in [-0.2, 0) is 11.2 Å². The van der Waals surface area contributed by atoms with E-state index in [0.717, 1.165) is 47.5 Å². The SMILES string of the molecule is CCOCC.Cc1cc(O)ccc1CC(C)c1ccc(-c2ccc([N+](=O)[O-])cc2)c(-c2ccccc2)c1. The third-order valence-electron chi connectivity index (χ3n) is 6.35. The molecular formula is C32H35NO4. The van der Waals surface area contributed by atoms with Crippen molar-refractivity contribution in [3.8, 4) is 28.0 Å². The number of non-ortho nitro benzene ring substituents is 1. The first kappa shape index (κ1) is 27.6. The van der Waals surface area contributed by atoms with Crippen LogP contribution >= 0.6 is 0 Å². The number of rotatable bonds is 8. The molecule has 5 heteroatoms. The molecule has 0 aliphatic heterocycles. The molecule has 0 aliphatic rings. The van der Waals surface area contributed by atoms with Gasteiger partial charge in [-0.3, -0.25) is 10.1 Å². The fraction of sp³-hybridized carbons (Fsp3) is 0.250. The van der Waals surface area contributed by atoms with Gasteiger partial charge >= 0.3 is 0 Å². The number of phenolic OH excluding ortho intramolecular Hbond substituents is 1. The first-order valence-corrected chi connectivity index (χ1v) is 12.6. The van der Waals surface area contributed by atoms with Gasteiger partial charge in [-0.2, -0.15) is 0 Å². The molecule has 0 saturated heterocycles. The van der Waals surface area contributed by atoms with Gasteiger partial charge in [-0.25, -0.2) is 0 Å². The van der Waals surface area contributed by atoms with E-state index in [0.29, 0.717) is 0 Å². The lowest BCUT2D eigenvalue weighted by molar-refractivity contribution is -0.384. The van der Waals surface area contributed by atoms with E-state index in [9.17, 15) is 15.2 Å². The molecule has 0 radical (unpaired) electrons. The molecule has 0 saturated carbocycles. The van der Waals surface area contributed by atoms with Crippen LogP contribution in [0, 0.1) is 17.0 Å². The predicted molar refractivity (Wildman–Crippen MR) is 151 cm³/mol. The molecule has 5 nitrogen and oxygen atoms in total. The summed E-state index contributed by atoms with van der Waals surface area (Å²) in [5.41, 5.74) is 7.82. The Hall–Kier alpha value is -3.96. The molecule has 1 atom stereocenters. The van der Waals surface area contributed by atoms with E-state index in [-0.39, 0.29) is 22.3 Å². The zero-order valence-corrected chi connectivity index (χ0v) is 22.0. The monoisotopic (exact) mass is 497 g/mol. The van der Waals surface area contributed by atoms with E-state index in [4.69, 9.17) is 4.74 Å². The number of aryl methyl sites for hydroxylation is 1. The van der Waals surface area contributed by atoms with Crippen molar-refractivity contribution in [3.63, 3.8) is 0 Å². The molecule has 4 aromatic carbocycles. The largest absolute Gasteiger partial charge is 0.508 e. The van der Waals surface area contributed by atoms with Crippen molar-refractivity contribution >= 4 is 5.69 Å². The summed E-state index contributed by atoms with van der Waals surface area (Å²) in [5.74, 6) is 0.573. The third-order valence-corrected chi connectivity index (χ3v) is 6.35. The lowest BCUT2D eigenvalue weighted by Crippen LogP contribution is -2.01. The van der Waals surface area contributed by atoms with Crippen molar-refractivity contribution in [1.29, 1.82) is 0 Å². The van der Waals surface area contributed by atoms with Crippen LogP contribution in [0.5, 0.6) is 5.75 Å². The van der Waals surface area contributed by atoms with Crippen LogP contribution in [0.2, 0.25) is 0 Å². The molecule has 4 rings (SSSR count). The number of ether oxygens (including phenoxy) is 1. The first-order chi connectivity index (χ1) is 17.8. The van der Waals surface area contributed by atoms with Gasteiger partial charge in [-0.1, -0.05) is 61.5 Å². The summed E-state index contributed by atoms with van der Waals surface area (Å²) in [4.78, 5) is 10.7. The van der Waals surface area contributed by atoms with E-state index >= 15 is 0 Å². The Labute approximate surface area is 219 Å². The van der Waals surface area contributed by atoms with Gasteiger partial charge in [0.25, 0.3) is 5.69 Å². The summed E-state index contributed by atoms with van der Waals surface area (Å²) in [6.07, 6.45) is 0.872. The molecule has 0 spiro atoms.